The highest BCUT2D eigenvalue weighted by atomic mass is 79.9. The zero-order valence-electron chi connectivity index (χ0n) is 9.66. The number of hydrogen-bond donors (Lipinski definition) is 0. The van der Waals surface area contributed by atoms with E-state index in [1.54, 1.807) is 6.42 Å². The Kier molecular flexibility index (Phi) is 2.84. The molecule has 86 valence electrons. The first-order valence-corrected chi connectivity index (χ1v) is 7.52. The van der Waals surface area contributed by atoms with Crippen molar-refractivity contribution in [1.82, 2.24) is 4.90 Å². The molecule has 3 aliphatic rings. The summed E-state index contributed by atoms with van der Waals surface area (Å²) in [6, 6.07) is 0.951. The molecular formula is C13H22BrN. The third kappa shape index (κ3) is 2.00. The first kappa shape index (κ1) is 10.6. The van der Waals surface area contributed by atoms with Crippen molar-refractivity contribution in [3.05, 3.63) is 0 Å². The van der Waals surface area contributed by atoms with Crippen LogP contribution in [0.4, 0.5) is 0 Å². The Morgan fingerprint density at radius 3 is 2.53 bits per heavy atom. The number of rotatable bonds is 1. The van der Waals surface area contributed by atoms with E-state index in [1.807, 2.05) is 0 Å². The Hall–Kier alpha value is 0.440. The molecule has 1 nitrogen and oxygen atoms in total. The van der Waals surface area contributed by atoms with Gasteiger partial charge < -0.3 is 0 Å². The molecular weight excluding hydrogens is 250 g/mol. The molecule has 1 aliphatic heterocycles. The van der Waals surface area contributed by atoms with Crippen molar-refractivity contribution in [2.24, 2.45) is 17.8 Å². The molecule has 5 atom stereocenters. The number of hydrogen-bond acceptors (Lipinski definition) is 1. The third-order valence-electron chi connectivity index (χ3n) is 4.81. The van der Waals surface area contributed by atoms with Gasteiger partial charge in [-0.1, -0.05) is 29.3 Å². The average molecular weight is 272 g/mol. The number of likely N-dealkylation sites (tertiary alicyclic amines) is 1. The Labute approximate surface area is 102 Å². The fraction of sp³-hybridized carbons (Fsp3) is 1.00. The average Bonchev–Trinajstić information content (AvgIpc) is 2.76. The van der Waals surface area contributed by atoms with Gasteiger partial charge >= 0.3 is 0 Å². The van der Waals surface area contributed by atoms with Crippen LogP contribution < -0.4 is 0 Å². The monoisotopic (exact) mass is 271 g/mol. The number of nitrogens with zero attached hydrogens (tertiary/aromatic N) is 1. The van der Waals surface area contributed by atoms with Gasteiger partial charge in [0, 0.05) is 24.0 Å². The van der Waals surface area contributed by atoms with Gasteiger partial charge in [0.2, 0.25) is 0 Å². The molecule has 3 fully saturated rings. The van der Waals surface area contributed by atoms with E-state index in [4.69, 9.17) is 0 Å². The van der Waals surface area contributed by atoms with Crippen LogP contribution in [0.1, 0.15) is 39.0 Å². The molecule has 1 saturated heterocycles. The van der Waals surface area contributed by atoms with E-state index in [9.17, 15) is 0 Å². The maximum atomic E-state index is 3.83. The fourth-order valence-corrected chi connectivity index (χ4v) is 5.25. The van der Waals surface area contributed by atoms with Crippen LogP contribution in [0.3, 0.4) is 0 Å². The van der Waals surface area contributed by atoms with Gasteiger partial charge in [-0.3, -0.25) is 4.90 Å². The molecule has 0 aromatic heterocycles. The van der Waals surface area contributed by atoms with Crippen LogP contribution in [0.5, 0.6) is 0 Å². The molecule has 0 amide bonds. The molecule has 0 spiro atoms. The molecule has 5 unspecified atom stereocenters. The van der Waals surface area contributed by atoms with Gasteiger partial charge in [-0.25, -0.2) is 0 Å². The van der Waals surface area contributed by atoms with Gasteiger partial charge in [-0.2, -0.15) is 0 Å². The highest BCUT2D eigenvalue weighted by molar-refractivity contribution is 9.09. The van der Waals surface area contributed by atoms with Crippen LogP contribution in [-0.4, -0.2) is 28.9 Å². The molecule has 0 aromatic rings. The summed E-state index contributed by atoms with van der Waals surface area (Å²) < 4.78 is 0. The lowest BCUT2D eigenvalue weighted by atomic mass is 9.90. The normalized spacial score (nSPS) is 51.2. The summed E-state index contributed by atoms with van der Waals surface area (Å²) in [7, 11) is 0. The van der Waals surface area contributed by atoms with Crippen molar-refractivity contribution in [2.45, 2.75) is 49.9 Å². The first-order chi connectivity index (χ1) is 7.22. The van der Waals surface area contributed by atoms with E-state index >= 15 is 0 Å². The number of alkyl halides is 1. The van der Waals surface area contributed by atoms with E-state index < -0.39 is 0 Å². The van der Waals surface area contributed by atoms with Crippen molar-refractivity contribution >= 4 is 15.9 Å². The van der Waals surface area contributed by atoms with E-state index in [1.165, 1.54) is 38.8 Å². The Balaban J connectivity index is 1.66. The summed E-state index contributed by atoms with van der Waals surface area (Å²) in [5.41, 5.74) is 0. The second-order valence-electron chi connectivity index (χ2n) is 6.13. The topological polar surface area (TPSA) is 3.24 Å². The molecule has 3 rings (SSSR count). The Bertz CT molecular complexity index is 233. The van der Waals surface area contributed by atoms with Crippen LogP contribution in [0.2, 0.25) is 0 Å². The van der Waals surface area contributed by atoms with Crippen molar-refractivity contribution in [3.63, 3.8) is 0 Å². The summed E-state index contributed by atoms with van der Waals surface area (Å²) in [5.74, 6) is 3.04. The van der Waals surface area contributed by atoms with E-state index in [-0.39, 0.29) is 0 Å². The van der Waals surface area contributed by atoms with Crippen molar-refractivity contribution in [1.29, 1.82) is 0 Å². The van der Waals surface area contributed by atoms with Gasteiger partial charge in [0.05, 0.1) is 0 Å². The van der Waals surface area contributed by atoms with Crippen LogP contribution in [-0.2, 0) is 0 Å². The lowest BCUT2D eigenvalue weighted by Gasteiger charge is -2.41. The predicted molar refractivity (Wildman–Crippen MR) is 67.3 cm³/mol. The summed E-state index contributed by atoms with van der Waals surface area (Å²) >= 11 is 3.83. The van der Waals surface area contributed by atoms with Crippen LogP contribution in [0.15, 0.2) is 0 Å². The van der Waals surface area contributed by atoms with Crippen molar-refractivity contribution in [2.75, 3.05) is 13.1 Å². The summed E-state index contributed by atoms with van der Waals surface area (Å²) in [5, 5.41) is 0. The maximum Gasteiger partial charge on any atom is 0.0276 e. The summed E-state index contributed by atoms with van der Waals surface area (Å²) in [4.78, 5) is 3.55. The smallest absolute Gasteiger partial charge is 0.0276 e. The zero-order chi connectivity index (χ0) is 10.4. The minimum atomic E-state index is 0.750. The standard InChI is InChI=1S/C13H22BrN/c1-9-4-12(14)8-15(7-9)13-6-10-2-3-11(13)5-10/h9-13H,2-8H2,1H3. The minimum absolute atomic E-state index is 0.750. The van der Waals surface area contributed by atoms with E-state index in [2.05, 4.69) is 27.8 Å². The van der Waals surface area contributed by atoms with Crippen molar-refractivity contribution < 1.29 is 0 Å². The quantitative estimate of drug-likeness (QED) is 0.662. The molecule has 2 aliphatic carbocycles. The molecule has 0 N–H and O–H groups in total. The highest BCUT2D eigenvalue weighted by Crippen LogP contribution is 2.47. The van der Waals surface area contributed by atoms with Crippen LogP contribution in [0, 0.1) is 17.8 Å². The third-order valence-corrected chi connectivity index (χ3v) is 5.47. The van der Waals surface area contributed by atoms with E-state index in [0.717, 1.165) is 28.6 Å². The van der Waals surface area contributed by atoms with Gasteiger partial charge in [0.15, 0.2) is 0 Å². The second-order valence-corrected chi connectivity index (χ2v) is 7.43. The SMILES string of the molecule is CC1CC(Br)CN(C2CC3CCC2C3)C1. The second kappa shape index (κ2) is 4.03. The lowest BCUT2D eigenvalue weighted by molar-refractivity contribution is 0.0981. The van der Waals surface area contributed by atoms with Crippen LogP contribution >= 0.6 is 15.9 Å². The fourth-order valence-electron chi connectivity index (χ4n) is 4.24. The van der Waals surface area contributed by atoms with Gasteiger partial charge in [0.25, 0.3) is 0 Å². The van der Waals surface area contributed by atoms with Crippen molar-refractivity contribution in [3.8, 4) is 0 Å². The molecule has 2 heteroatoms. The molecule has 1 heterocycles. The number of piperidine rings is 1. The van der Waals surface area contributed by atoms with Gasteiger partial charge in [-0.15, -0.1) is 0 Å². The van der Waals surface area contributed by atoms with Gasteiger partial charge in [-0.05, 0) is 43.4 Å². The molecule has 2 bridgehead atoms. The van der Waals surface area contributed by atoms with Crippen LogP contribution in [0.25, 0.3) is 0 Å². The molecule has 2 saturated carbocycles. The lowest BCUT2D eigenvalue weighted by Crippen LogP contribution is -2.48. The first-order valence-electron chi connectivity index (χ1n) is 6.60. The largest absolute Gasteiger partial charge is 0.299 e. The Morgan fingerprint density at radius 1 is 1.07 bits per heavy atom. The summed E-state index contributed by atoms with van der Waals surface area (Å²) in [6.45, 7) is 5.07. The molecule has 0 aromatic carbocycles. The minimum Gasteiger partial charge on any atom is -0.299 e. The highest BCUT2D eigenvalue weighted by Gasteiger charge is 2.43. The molecule has 0 radical (unpaired) electrons. The Morgan fingerprint density at radius 2 is 1.93 bits per heavy atom. The summed E-state index contributed by atoms with van der Waals surface area (Å²) in [6.07, 6.45) is 7.48. The van der Waals surface area contributed by atoms with Gasteiger partial charge in [0.1, 0.15) is 0 Å². The zero-order valence-corrected chi connectivity index (χ0v) is 11.2. The maximum absolute atomic E-state index is 3.83. The predicted octanol–water partition coefficient (Wildman–Crippen LogP) is 3.28. The number of halogens is 1. The number of fused-ring (bicyclic) bond motifs is 2. The molecule has 15 heavy (non-hydrogen) atoms. The van der Waals surface area contributed by atoms with E-state index in [0.29, 0.717) is 0 Å².